The molecule has 0 unspecified atom stereocenters. The van der Waals surface area contributed by atoms with Crippen LogP contribution in [0.3, 0.4) is 0 Å². The molecule has 1 aromatic rings. The molecule has 3 amide bonds. The van der Waals surface area contributed by atoms with Crippen molar-refractivity contribution in [3.05, 3.63) is 23.4 Å². The maximum absolute atomic E-state index is 12.5. The van der Waals surface area contributed by atoms with Gasteiger partial charge >= 0.3 is 6.03 Å². The highest BCUT2D eigenvalue weighted by molar-refractivity contribution is 6.32. The number of amides is 3. The Labute approximate surface area is 133 Å². The number of rotatable bonds is 2. The van der Waals surface area contributed by atoms with Crippen LogP contribution in [0.15, 0.2) is 18.3 Å². The summed E-state index contributed by atoms with van der Waals surface area (Å²) in [5.41, 5.74) is 0. The molecule has 3 fully saturated rings. The zero-order valence-electron chi connectivity index (χ0n) is 12.1. The molecule has 3 saturated heterocycles. The summed E-state index contributed by atoms with van der Waals surface area (Å²) in [5.74, 6) is 0.702. The number of fused-ring (bicyclic) bond motifs is 1. The molecule has 116 valence electrons. The number of pyridine rings is 1. The number of anilines is 1. The van der Waals surface area contributed by atoms with Gasteiger partial charge < -0.3 is 9.80 Å². The Bertz CT molecular complexity index is 616. The van der Waals surface area contributed by atoms with Crippen molar-refractivity contribution in [2.24, 2.45) is 0 Å². The van der Waals surface area contributed by atoms with Crippen molar-refractivity contribution in [3.8, 4) is 0 Å². The summed E-state index contributed by atoms with van der Waals surface area (Å²) in [6.07, 6.45) is 4.20. The molecule has 1 aromatic heterocycles. The number of carbonyl (C=O) groups is 2. The first-order valence-corrected chi connectivity index (χ1v) is 8.04. The molecule has 22 heavy (non-hydrogen) atoms. The van der Waals surface area contributed by atoms with E-state index in [0.717, 1.165) is 31.6 Å². The molecule has 0 saturated carbocycles. The SMILES string of the molecule is O=C1[C@@H]2CCCN2C(=O)N1[C@H]1CCN(c2ncccc2Cl)C1. The normalized spacial score (nSPS) is 28.0. The third-order valence-corrected chi connectivity index (χ3v) is 5.09. The third kappa shape index (κ3) is 1.97. The largest absolute Gasteiger partial charge is 0.353 e. The molecule has 7 heteroatoms. The van der Waals surface area contributed by atoms with Gasteiger partial charge in [-0.2, -0.15) is 0 Å². The average molecular weight is 321 g/mol. The molecule has 0 aliphatic carbocycles. The Hall–Kier alpha value is -1.82. The summed E-state index contributed by atoms with van der Waals surface area (Å²) in [6, 6.07) is 3.18. The van der Waals surface area contributed by atoms with Gasteiger partial charge in [0, 0.05) is 25.8 Å². The van der Waals surface area contributed by atoms with Crippen LogP contribution in [0.5, 0.6) is 0 Å². The summed E-state index contributed by atoms with van der Waals surface area (Å²) in [6.45, 7) is 2.06. The van der Waals surface area contributed by atoms with Crippen LogP contribution in [0.1, 0.15) is 19.3 Å². The van der Waals surface area contributed by atoms with E-state index < -0.39 is 0 Å². The third-order valence-electron chi connectivity index (χ3n) is 4.79. The van der Waals surface area contributed by atoms with Gasteiger partial charge in [-0.05, 0) is 31.4 Å². The average Bonchev–Trinajstić information content (AvgIpc) is 3.20. The lowest BCUT2D eigenvalue weighted by Crippen LogP contribution is -2.43. The maximum atomic E-state index is 12.5. The van der Waals surface area contributed by atoms with Crippen LogP contribution in [0.25, 0.3) is 0 Å². The van der Waals surface area contributed by atoms with E-state index in [9.17, 15) is 9.59 Å². The molecule has 0 spiro atoms. The van der Waals surface area contributed by atoms with Crippen LogP contribution in [-0.2, 0) is 4.79 Å². The summed E-state index contributed by atoms with van der Waals surface area (Å²) in [7, 11) is 0. The molecule has 0 aromatic carbocycles. The molecule has 2 atom stereocenters. The van der Waals surface area contributed by atoms with E-state index >= 15 is 0 Å². The highest BCUT2D eigenvalue weighted by atomic mass is 35.5. The highest BCUT2D eigenvalue weighted by Crippen LogP contribution is 2.33. The van der Waals surface area contributed by atoms with Crippen molar-refractivity contribution < 1.29 is 9.59 Å². The predicted octanol–water partition coefficient (Wildman–Crippen LogP) is 1.74. The van der Waals surface area contributed by atoms with Gasteiger partial charge in [-0.3, -0.25) is 9.69 Å². The van der Waals surface area contributed by atoms with E-state index in [2.05, 4.69) is 9.88 Å². The first-order chi connectivity index (χ1) is 10.7. The number of nitrogens with zero attached hydrogens (tertiary/aromatic N) is 4. The maximum Gasteiger partial charge on any atom is 0.327 e. The second-order valence-corrected chi connectivity index (χ2v) is 6.45. The molecule has 3 aliphatic rings. The Balaban J connectivity index is 1.53. The van der Waals surface area contributed by atoms with Gasteiger partial charge in [-0.1, -0.05) is 11.6 Å². The molecule has 0 N–H and O–H groups in total. The Morgan fingerprint density at radius 1 is 1.23 bits per heavy atom. The van der Waals surface area contributed by atoms with Crippen LogP contribution < -0.4 is 4.90 Å². The molecular weight excluding hydrogens is 304 g/mol. The summed E-state index contributed by atoms with van der Waals surface area (Å²) >= 11 is 6.19. The van der Waals surface area contributed by atoms with Gasteiger partial charge in [0.2, 0.25) is 0 Å². The Morgan fingerprint density at radius 2 is 2.09 bits per heavy atom. The minimum atomic E-state index is -0.222. The minimum Gasteiger partial charge on any atom is -0.353 e. The summed E-state index contributed by atoms with van der Waals surface area (Å²) < 4.78 is 0. The van der Waals surface area contributed by atoms with Crippen LogP contribution in [-0.4, -0.2) is 58.4 Å². The van der Waals surface area contributed by atoms with Crippen molar-refractivity contribution in [3.63, 3.8) is 0 Å². The van der Waals surface area contributed by atoms with Crippen molar-refractivity contribution >= 4 is 29.4 Å². The van der Waals surface area contributed by atoms with E-state index in [0.29, 0.717) is 18.1 Å². The van der Waals surface area contributed by atoms with Gasteiger partial charge in [-0.25, -0.2) is 9.78 Å². The Kier molecular flexibility index (Phi) is 3.22. The fourth-order valence-electron chi connectivity index (χ4n) is 3.74. The van der Waals surface area contributed by atoms with E-state index in [1.165, 1.54) is 4.90 Å². The molecule has 0 radical (unpaired) electrons. The van der Waals surface area contributed by atoms with Crippen molar-refractivity contribution in [2.75, 3.05) is 24.5 Å². The smallest absolute Gasteiger partial charge is 0.327 e. The van der Waals surface area contributed by atoms with Crippen molar-refractivity contribution in [1.82, 2.24) is 14.8 Å². The van der Waals surface area contributed by atoms with Crippen molar-refractivity contribution in [2.45, 2.75) is 31.3 Å². The van der Waals surface area contributed by atoms with Crippen molar-refractivity contribution in [1.29, 1.82) is 0 Å². The molecular formula is C15H17ClN4O2. The van der Waals surface area contributed by atoms with Gasteiger partial charge in [-0.15, -0.1) is 0 Å². The molecule has 0 bridgehead atoms. The number of hydrogen-bond acceptors (Lipinski definition) is 4. The number of imide groups is 1. The van der Waals surface area contributed by atoms with E-state index in [4.69, 9.17) is 11.6 Å². The second-order valence-electron chi connectivity index (χ2n) is 6.04. The van der Waals surface area contributed by atoms with Crippen LogP contribution >= 0.6 is 11.6 Å². The second kappa shape index (κ2) is 5.12. The first kappa shape index (κ1) is 13.8. The number of hydrogen-bond donors (Lipinski definition) is 0. The van der Waals surface area contributed by atoms with E-state index in [1.807, 2.05) is 0 Å². The number of carbonyl (C=O) groups excluding carboxylic acids is 2. The van der Waals surface area contributed by atoms with Gasteiger partial charge in [0.1, 0.15) is 11.9 Å². The van der Waals surface area contributed by atoms with E-state index in [-0.39, 0.29) is 24.0 Å². The highest BCUT2D eigenvalue weighted by Gasteiger charge is 2.50. The number of halogens is 1. The van der Waals surface area contributed by atoms with Gasteiger partial charge in [0.15, 0.2) is 0 Å². The fourth-order valence-corrected chi connectivity index (χ4v) is 3.98. The standard InChI is InChI=1S/C15H17ClN4O2/c16-11-3-1-6-17-13(11)18-8-5-10(9-18)20-14(21)12-4-2-7-19(12)15(20)22/h1,3,6,10,12H,2,4-5,7-9H2/t10-,12-/m0/s1. The predicted molar refractivity (Wildman–Crippen MR) is 81.8 cm³/mol. The number of aromatic nitrogens is 1. The van der Waals surface area contributed by atoms with Gasteiger partial charge in [0.05, 0.1) is 11.1 Å². The topological polar surface area (TPSA) is 56.8 Å². The lowest BCUT2D eigenvalue weighted by atomic mass is 10.2. The molecule has 6 nitrogen and oxygen atoms in total. The van der Waals surface area contributed by atoms with Gasteiger partial charge in [0.25, 0.3) is 5.91 Å². The molecule has 4 heterocycles. The van der Waals surface area contributed by atoms with Crippen LogP contribution in [0.4, 0.5) is 10.6 Å². The fraction of sp³-hybridized carbons (Fsp3) is 0.533. The lowest BCUT2D eigenvalue weighted by Gasteiger charge is -2.23. The minimum absolute atomic E-state index is 0.0264. The van der Waals surface area contributed by atoms with Crippen LogP contribution in [0.2, 0.25) is 5.02 Å². The van der Waals surface area contributed by atoms with E-state index in [1.54, 1.807) is 23.2 Å². The summed E-state index contributed by atoms with van der Waals surface area (Å²) in [4.78, 5) is 34.5. The lowest BCUT2D eigenvalue weighted by molar-refractivity contribution is -0.129. The molecule has 3 aliphatic heterocycles. The zero-order chi connectivity index (χ0) is 15.3. The monoisotopic (exact) mass is 320 g/mol. The van der Waals surface area contributed by atoms with Crippen LogP contribution in [0, 0.1) is 0 Å². The summed E-state index contributed by atoms with van der Waals surface area (Å²) in [5, 5.41) is 0.600. The first-order valence-electron chi connectivity index (χ1n) is 7.66. The zero-order valence-corrected chi connectivity index (χ0v) is 12.9. The quantitative estimate of drug-likeness (QED) is 0.779. The Morgan fingerprint density at radius 3 is 2.86 bits per heavy atom. The molecule has 4 rings (SSSR count). The number of urea groups is 1.